The van der Waals surface area contributed by atoms with Crippen LogP contribution in [0, 0.1) is 0 Å². The van der Waals surface area contributed by atoms with E-state index in [-0.39, 0.29) is 0 Å². The van der Waals surface area contributed by atoms with E-state index in [9.17, 15) is 18.0 Å². The summed E-state index contributed by atoms with van der Waals surface area (Å²) in [5.74, 6) is -1.26. The lowest BCUT2D eigenvalue weighted by molar-refractivity contribution is -0.187. The molecule has 0 aromatic heterocycles. The van der Waals surface area contributed by atoms with Gasteiger partial charge in [-0.25, -0.2) is 0 Å². The van der Waals surface area contributed by atoms with Crippen LogP contribution in [-0.2, 0) is 4.79 Å². The monoisotopic (exact) mass is 308 g/mol. The van der Waals surface area contributed by atoms with Crippen molar-refractivity contribution < 1.29 is 18.0 Å². The number of nitrogens with one attached hydrogen (secondary N) is 1. The van der Waals surface area contributed by atoms with Gasteiger partial charge in [0.05, 0.1) is 6.04 Å². The Morgan fingerprint density at radius 1 is 1.35 bits per heavy atom. The number of alkyl halides is 3. The van der Waals surface area contributed by atoms with Crippen LogP contribution in [0.25, 0.3) is 0 Å². The molecule has 1 aromatic rings. The van der Waals surface area contributed by atoms with Crippen LogP contribution in [0.15, 0.2) is 24.3 Å². The van der Waals surface area contributed by atoms with Crippen LogP contribution >= 0.6 is 11.6 Å². The standard InChI is InChI=1S/C13H16ClF3N2O/c1-3-10(8-4-6-9(14)7-5-8)19-11(20)12(2,18)13(15,16)17/h4-7,10H,3,18H2,1-2H3,(H,19,20). The molecule has 1 rings (SSSR count). The normalized spacial score (nSPS) is 16.4. The predicted molar refractivity (Wildman–Crippen MR) is 71.3 cm³/mol. The van der Waals surface area contributed by atoms with Gasteiger partial charge >= 0.3 is 6.18 Å². The molecule has 0 fully saturated rings. The molecule has 3 nitrogen and oxygen atoms in total. The van der Waals surface area contributed by atoms with Crippen molar-refractivity contribution in [2.75, 3.05) is 0 Å². The molecule has 0 saturated heterocycles. The molecule has 112 valence electrons. The van der Waals surface area contributed by atoms with E-state index in [1.165, 1.54) is 0 Å². The Morgan fingerprint density at radius 2 is 1.85 bits per heavy atom. The summed E-state index contributed by atoms with van der Waals surface area (Å²) in [5.41, 5.74) is 2.83. The number of hydrogen-bond acceptors (Lipinski definition) is 2. The zero-order valence-electron chi connectivity index (χ0n) is 11.1. The SMILES string of the molecule is CCC(NC(=O)C(C)(N)C(F)(F)F)c1ccc(Cl)cc1. The maximum Gasteiger partial charge on any atom is 0.415 e. The topological polar surface area (TPSA) is 55.1 Å². The number of benzene rings is 1. The third-order valence-electron chi connectivity index (χ3n) is 3.05. The molecule has 0 radical (unpaired) electrons. The molecule has 2 atom stereocenters. The van der Waals surface area contributed by atoms with Crippen LogP contribution in [0.5, 0.6) is 0 Å². The van der Waals surface area contributed by atoms with Crippen LogP contribution in [-0.4, -0.2) is 17.6 Å². The Kier molecular flexibility index (Phi) is 5.05. The van der Waals surface area contributed by atoms with Crippen molar-refractivity contribution in [3.05, 3.63) is 34.9 Å². The van der Waals surface area contributed by atoms with E-state index in [0.29, 0.717) is 23.9 Å². The van der Waals surface area contributed by atoms with E-state index in [1.54, 1.807) is 31.2 Å². The first-order valence-electron chi connectivity index (χ1n) is 6.01. The van der Waals surface area contributed by atoms with Crippen LogP contribution in [0.1, 0.15) is 31.9 Å². The van der Waals surface area contributed by atoms with Gasteiger partial charge in [0.1, 0.15) is 0 Å². The molecule has 3 N–H and O–H groups in total. The third kappa shape index (κ3) is 3.64. The molecule has 0 aliphatic carbocycles. The van der Waals surface area contributed by atoms with Gasteiger partial charge in [0, 0.05) is 5.02 Å². The van der Waals surface area contributed by atoms with Gasteiger partial charge in [-0.2, -0.15) is 13.2 Å². The summed E-state index contributed by atoms with van der Waals surface area (Å²) in [6.07, 6.45) is -4.38. The van der Waals surface area contributed by atoms with Crippen LogP contribution in [0.4, 0.5) is 13.2 Å². The minimum Gasteiger partial charge on any atom is -0.347 e. The molecule has 1 aromatic carbocycles. The zero-order valence-corrected chi connectivity index (χ0v) is 11.8. The fourth-order valence-electron chi connectivity index (χ4n) is 1.55. The van der Waals surface area contributed by atoms with E-state index in [2.05, 4.69) is 5.32 Å². The predicted octanol–water partition coefficient (Wildman–Crippen LogP) is 3.19. The Balaban J connectivity index is 2.89. The highest BCUT2D eigenvalue weighted by atomic mass is 35.5. The zero-order chi connectivity index (χ0) is 15.6. The molecule has 0 aliphatic heterocycles. The Bertz CT molecular complexity index is 471. The van der Waals surface area contributed by atoms with E-state index < -0.39 is 23.7 Å². The number of rotatable bonds is 4. The summed E-state index contributed by atoms with van der Waals surface area (Å²) in [5, 5.41) is 2.83. The van der Waals surface area contributed by atoms with Gasteiger partial charge in [0.15, 0.2) is 5.54 Å². The molecule has 7 heteroatoms. The molecule has 0 spiro atoms. The minimum absolute atomic E-state index is 0.432. The molecule has 0 bridgehead atoms. The molecule has 0 heterocycles. The van der Waals surface area contributed by atoms with Crippen LogP contribution in [0.3, 0.4) is 0 Å². The highest BCUT2D eigenvalue weighted by Gasteiger charge is 2.54. The molecular formula is C13H16ClF3N2O. The van der Waals surface area contributed by atoms with E-state index in [1.807, 2.05) is 0 Å². The van der Waals surface area contributed by atoms with Gasteiger partial charge in [-0.15, -0.1) is 0 Å². The van der Waals surface area contributed by atoms with Crippen molar-refractivity contribution in [2.45, 2.75) is 38.0 Å². The largest absolute Gasteiger partial charge is 0.415 e. The summed E-state index contributed by atoms with van der Waals surface area (Å²) >= 11 is 5.74. The smallest absolute Gasteiger partial charge is 0.347 e. The molecule has 0 saturated carbocycles. The van der Waals surface area contributed by atoms with Gasteiger partial charge in [-0.3, -0.25) is 4.79 Å². The lowest BCUT2D eigenvalue weighted by atomic mass is 9.99. The van der Waals surface area contributed by atoms with Crippen molar-refractivity contribution in [3.63, 3.8) is 0 Å². The molecule has 0 aliphatic rings. The maximum atomic E-state index is 12.7. The number of halogens is 4. The average molecular weight is 309 g/mol. The van der Waals surface area contributed by atoms with Crippen molar-refractivity contribution >= 4 is 17.5 Å². The molecule has 1 amide bonds. The first-order valence-corrected chi connectivity index (χ1v) is 6.39. The Hall–Kier alpha value is -1.27. The van der Waals surface area contributed by atoms with Crippen molar-refractivity contribution in [1.82, 2.24) is 5.32 Å². The van der Waals surface area contributed by atoms with Gasteiger partial charge in [0.25, 0.3) is 0 Å². The molecule has 20 heavy (non-hydrogen) atoms. The summed E-state index contributed by atoms with van der Waals surface area (Å²) in [6, 6.07) is 5.97. The van der Waals surface area contributed by atoms with Crippen LogP contribution < -0.4 is 11.1 Å². The second-order valence-corrected chi connectivity index (χ2v) is 5.12. The summed E-state index contributed by atoms with van der Waals surface area (Å²) in [7, 11) is 0. The van der Waals surface area contributed by atoms with Crippen molar-refractivity contribution in [3.8, 4) is 0 Å². The summed E-state index contributed by atoms with van der Waals surface area (Å²) in [4.78, 5) is 11.7. The lowest BCUT2D eigenvalue weighted by Crippen LogP contribution is -2.61. The van der Waals surface area contributed by atoms with Crippen LogP contribution in [0.2, 0.25) is 5.02 Å². The van der Waals surface area contributed by atoms with Gasteiger partial charge in [-0.05, 0) is 31.0 Å². The number of carbonyl (C=O) groups excluding carboxylic acids is 1. The van der Waals surface area contributed by atoms with Crippen molar-refractivity contribution in [1.29, 1.82) is 0 Å². The first-order chi connectivity index (χ1) is 9.09. The number of nitrogens with two attached hydrogens (primary N) is 1. The molecular weight excluding hydrogens is 293 g/mol. The fraction of sp³-hybridized carbons (Fsp3) is 0.462. The van der Waals surface area contributed by atoms with Crippen molar-refractivity contribution in [2.24, 2.45) is 5.73 Å². The number of hydrogen-bond donors (Lipinski definition) is 2. The Morgan fingerprint density at radius 3 is 2.25 bits per heavy atom. The first kappa shape index (κ1) is 16.8. The number of amides is 1. The maximum absolute atomic E-state index is 12.7. The summed E-state index contributed by atoms with van der Waals surface area (Å²) in [6.45, 7) is 2.40. The quantitative estimate of drug-likeness (QED) is 0.897. The van der Waals surface area contributed by atoms with Gasteiger partial charge in [0.2, 0.25) is 5.91 Å². The third-order valence-corrected chi connectivity index (χ3v) is 3.30. The van der Waals surface area contributed by atoms with E-state index in [4.69, 9.17) is 17.3 Å². The average Bonchev–Trinajstić information content (AvgIpc) is 2.35. The second kappa shape index (κ2) is 6.01. The second-order valence-electron chi connectivity index (χ2n) is 4.69. The highest BCUT2D eigenvalue weighted by Crippen LogP contribution is 2.29. The summed E-state index contributed by atoms with van der Waals surface area (Å²) < 4.78 is 38.1. The lowest BCUT2D eigenvalue weighted by Gasteiger charge is -2.29. The van der Waals surface area contributed by atoms with E-state index >= 15 is 0 Å². The van der Waals surface area contributed by atoms with E-state index in [0.717, 1.165) is 0 Å². The number of carbonyl (C=O) groups is 1. The minimum atomic E-state index is -4.81. The fourth-order valence-corrected chi connectivity index (χ4v) is 1.68. The Labute approximate surface area is 120 Å². The van der Waals surface area contributed by atoms with Gasteiger partial charge < -0.3 is 11.1 Å². The van der Waals surface area contributed by atoms with Gasteiger partial charge in [-0.1, -0.05) is 30.7 Å². The highest BCUT2D eigenvalue weighted by molar-refractivity contribution is 6.30. The molecule has 2 unspecified atom stereocenters.